The van der Waals surface area contributed by atoms with Gasteiger partial charge in [-0.15, -0.1) is 0 Å². The van der Waals surface area contributed by atoms with Gasteiger partial charge in [0.1, 0.15) is 6.54 Å². The van der Waals surface area contributed by atoms with Crippen LogP contribution in [0.2, 0.25) is 0 Å². The third-order valence-corrected chi connectivity index (χ3v) is 7.95. The Morgan fingerprint density at radius 1 is 1.10 bits per heavy atom. The highest BCUT2D eigenvalue weighted by Crippen LogP contribution is 2.57. The van der Waals surface area contributed by atoms with E-state index in [0.29, 0.717) is 18.5 Å². The maximum absolute atomic E-state index is 13.2. The van der Waals surface area contributed by atoms with Crippen LogP contribution >= 0.6 is 0 Å². The maximum atomic E-state index is 13.2. The van der Waals surface area contributed by atoms with Crippen molar-refractivity contribution in [3.05, 3.63) is 35.9 Å². The standard InChI is InChI=1S/C26H39N3O2/c1-20(2)28-17-12-21(13-18-28)11-16-27-23(30)19-29-24(22-9-5-3-6-10-22)26(25(29)31)14-7-4-8-15-26/h3,5-6,9-10,20-21,24H,4,7-8,11-19H2,1-2H3,(H,27,30). The zero-order valence-electron chi connectivity index (χ0n) is 19.3. The summed E-state index contributed by atoms with van der Waals surface area (Å²) in [5.41, 5.74) is 0.901. The van der Waals surface area contributed by atoms with E-state index in [-0.39, 0.29) is 29.8 Å². The van der Waals surface area contributed by atoms with Crippen LogP contribution in [0.25, 0.3) is 0 Å². The van der Waals surface area contributed by atoms with Crippen molar-refractivity contribution in [3.8, 4) is 0 Å². The number of likely N-dealkylation sites (tertiary alicyclic amines) is 2. The first-order valence-electron chi connectivity index (χ1n) is 12.4. The number of nitrogens with one attached hydrogen (secondary N) is 1. The summed E-state index contributed by atoms with van der Waals surface area (Å²) in [4.78, 5) is 30.3. The molecule has 1 spiro atoms. The molecule has 4 rings (SSSR count). The Bertz CT molecular complexity index is 749. The van der Waals surface area contributed by atoms with Crippen LogP contribution in [0.4, 0.5) is 0 Å². The van der Waals surface area contributed by atoms with E-state index in [1.54, 1.807) is 0 Å². The molecule has 2 saturated heterocycles. The lowest BCUT2D eigenvalue weighted by Gasteiger charge is -2.58. The van der Waals surface area contributed by atoms with Crippen molar-refractivity contribution in [2.45, 2.75) is 77.3 Å². The van der Waals surface area contributed by atoms with Crippen molar-refractivity contribution in [3.63, 3.8) is 0 Å². The van der Waals surface area contributed by atoms with E-state index >= 15 is 0 Å². The first-order chi connectivity index (χ1) is 15.0. The van der Waals surface area contributed by atoms with Gasteiger partial charge in [-0.05, 0) is 70.5 Å². The Hall–Kier alpha value is -1.88. The second-order valence-corrected chi connectivity index (χ2v) is 10.2. The number of piperidine rings is 1. The zero-order chi connectivity index (χ0) is 21.8. The van der Waals surface area contributed by atoms with E-state index < -0.39 is 0 Å². The SMILES string of the molecule is CC(C)N1CCC(CCNC(=O)CN2C(=O)C3(CCCCC3)C2c2ccccc2)CC1. The lowest BCUT2D eigenvalue weighted by Crippen LogP contribution is -2.65. The van der Waals surface area contributed by atoms with E-state index in [9.17, 15) is 9.59 Å². The number of benzene rings is 1. The van der Waals surface area contributed by atoms with Crippen LogP contribution in [-0.2, 0) is 9.59 Å². The minimum Gasteiger partial charge on any atom is -0.355 e. The van der Waals surface area contributed by atoms with Crippen LogP contribution in [0.3, 0.4) is 0 Å². The van der Waals surface area contributed by atoms with Crippen LogP contribution in [0.1, 0.15) is 76.8 Å². The predicted molar refractivity (Wildman–Crippen MR) is 123 cm³/mol. The molecule has 1 aromatic carbocycles. The molecule has 170 valence electrons. The number of rotatable bonds is 7. The van der Waals surface area contributed by atoms with Gasteiger partial charge in [-0.25, -0.2) is 0 Å². The Labute approximate surface area is 187 Å². The lowest BCUT2D eigenvalue weighted by atomic mass is 9.60. The summed E-state index contributed by atoms with van der Waals surface area (Å²) in [6.07, 6.45) is 8.84. The van der Waals surface area contributed by atoms with Crippen molar-refractivity contribution in [2.75, 3.05) is 26.2 Å². The number of amides is 2. The van der Waals surface area contributed by atoms with Gasteiger partial charge >= 0.3 is 0 Å². The van der Waals surface area contributed by atoms with Gasteiger partial charge in [0.05, 0.1) is 11.5 Å². The fourth-order valence-electron chi connectivity index (χ4n) is 6.10. The summed E-state index contributed by atoms with van der Waals surface area (Å²) in [6.45, 7) is 7.76. The Kier molecular flexibility index (Phi) is 7.00. The largest absolute Gasteiger partial charge is 0.355 e. The molecule has 0 bridgehead atoms. The van der Waals surface area contributed by atoms with E-state index in [4.69, 9.17) is 0 Å². The summed E-state index contributed by atoms with van der Waals surface area (Å²) >= 11 is 0. The molecule has 1 aliphatic carbocycles. The fourth-order valence-corrected chi connectivity index (χ4v) is 6.10. The molecule has 3 aliphatic rings. The fraction of sp³-hybridized carbons (Fsp3) is 0.692. The van der Waals surface area contributed by atoms with Gasteiger partial charge in [0.15, 0.2) is 0 Å². The van der Waals surface area contributed by atoms with E-state index in [0.717, 1.165) is 32.1 Å². The molecule has 0 aromatic heterocycles. The molecular weight excluding hydrogens is 386 g/mol. The van der Waals surface area contributed by atoms with Gasteiger partial charge < -0.3 is 15.1 Å². The first-order valence-corrected chi connectivity index (χ1v) is 12.4. The molecule has 1 unspecified atom stereocenters. The van der Waals surface area contributed by atoms with Crippen molar-refractivity contribution >= 4 is 11.8 Å². The molecule has 0 radical (unpaired) electrons. The van der Waals surface area contributed by atoms with E-state index in [1.807, 2.05) is 23.1 Å². The summed E-state index contributed by atoms with van der Waals surface area (Å²) < 4.78 is 0. The minimum atomic E-state index is -0.274. The Morgan fingerprint density at radius 2 is 1.77 bits per heavy atom. The molecule has 1 atom stereocenters. The van der Waals surface area contributed by atoms with Crippen molar-refractivity contribution < 1.29 is 9.59 Å². The maximum Gasteiger partial charge on any atom is 0.239 e. The first kappa shape index (κ1) is 22.3. The van der Waals surface area contributed by atoms with Gasteiger partial charge in [-0.1, -0.05) is 49.6 Å². The van der Waals surface area contributed by atoms with Crippen molar-refractivity contribution in [1.29, 1.82) is 0 Å². The molecule has 1 aromatic rings. The normalized spacial score (nSPS) is 24.4. The van der Waals surface area contributed by atoms with Crippen LogP contribution < -0.4 is 5.32 Å². The highest BCUT2D eigenvalue weighted by atomic mass is 16.2. The smallest absolute Gasteiger partial charge is 0.239 e. The van der Waals surface area contributed by atoms with Crippen LogP contribution in [0.15, 0.2) is 30.3 Å². The number of hydrogen-bond donors (Lipinski definition) is 1. The molecule has 2 heterocycles. The Morgan fingerprint density at radius 3 is 2.42 bits per heavy atom. The third kappa shape index (κ3) is 4.67. The van der Waals surface area contributed by atoms with Crippen LogP contribution in [0, 0.1) is 11.3 Å². The lowest BCUT2D eigenvalue weighted by molar-refractivity contribution is -0.180. The molecule has 31 heavy (non-hydrogen) atoms. The van der Waals surface area contributed by atoms with Gasteiger partial charge in [0.25, 0.3) is 0 Å². The number of β-lactam (4-membered cyclic amide) rings is 1. The summed E-state index contributed by atoms with van der Waals surface area (Å²) in [5.74, 6) is 0.875. The number of carbonyl (C=O) groups excluding carboxylic acids is 2. The van der Waals surface area contributed by atoms with Crippen LogP contribution in [0.5, 0.6) is 0 Å². The number of nitrogens with zero attached hydrogens (tertiary/aromatic N) is 2. The molecule has 5 heteroatoms. The minimum absolute atomic E-state index is 0.0143. The topological polar surface area (TPSA) is 52.7 Å². The molecular formula is C26H39N3O2. The number of hydrogen-bond acceptors (Lipinski definition) is 3. The van der Waals surface area contributed by atoms with Gasteiger partial charge in [-0.3, -0.25) is 9.59 Å². The molecule has 2 amide bonds. The quantitative estimate of drug-likeness (QED) is 0.668. The second kappa shape index (κ2) is 9.72. The average Bonchev–Trinajstić information content (AvgIpc) is 2.80. The highest BCUT2D eigenvalue weighted by Gasteiger charge is 2.60. The molecule has 2 aliphatic heterocycles. The molecule has 1 saturated carbocycles. The zero-order valence-corrected chi connectivity index (χ0v) is 19.3. The average molecular weight is 426 g/mol. The molecule has 1 N–H and O–H groups in total. The Balaban J connectivity index is 1.30. The molecule has 5 nitrogen and oxygen atoms in total. The third-order valence-electron chi connectivity index (χ3n) is 7.95. The van der Waals surface area contributed by atoms with E-state index in [1.165, 1.54) is 37.9 Å². The summed E-state index contributed by atoms with van der Waals surface area (Å²) in [6, 6.07) is 11.0. The van der Waals surface area contributed by atoms with Gasteiger partial charge in [-0.2, -0.15) is 0 Å². The summed E-state index contributed by atoms with van der Waals surface area (Å²) in [5, 5.41) is 3.10. The highest BCUT2D eigenvalue weighted by molar-refractivity contribution is 5.94. The molecule has 3 fully saturated rings. The van der Waals surface area contributed by atoms with Gasteiger partial charge in [0.2, 0.25) is 11.8 Å². The van der Waals surface area contributed by atoms with Crippen LogP contribution in [-0.4, -0.2) is 53.8 Å². The predicted octanol–water partition coefficient (Wildman–Crippen LogP) is 4.15. The van der Waals surface area contributed by atoms with Crippen molar-refractivity contribution in [1.82, 2.24) is 15.1 Å². The van der Waals surface area contributed by atoms with Crippen molar-refractivity contribution in [2.24, 2.45) is 11.3 Å². The monoisotopic (exact) mass is 425 g/mol. The number of carbonyl (C=O) groups is 2. The van der Waals surface area contributed by atoms with Gasteiger partial charge in [0, 0.05) is 12.6 Å². The summed E-state index contributed by atoms with van der Waals surface area (Å²) in [7, 11) is 0. The second-order valence-electron chi connectivity index (χ2n) is 10.2. The van der Waals surface area contributed by atoms with E-state index in [2.05, 4.69) is 36.2 Å².